The van der Waals surface area contributed by atoms with Crippen LogP contribution in [0.15, 0.2) is 6.33 Å². The quantitative estimate of drug-likeness (QED) is 0.641. The Kier molecular flexibility index (Phi) is 2.59. The number of carbonyl (C=O) groups excluding carboxylic acids is 1. The molecule has 0 atom stereocenters. The van der Waals surface area contributed by atoms with Gasteiger partial charge in [0.15, 0.2) is 0 Å². The molecule has 5 nitrogen and oxygen atoms in total. The highest BCUT2D eigenvalue weighted by atomic mass is 16.2. The maximum absolute atomic E-state index is 11.0. The average Bonchev–Trinajstić information content (AvgIpc) is 2.52. The molecule has 0 spiro atoms. The molecule has 1 aromatic heterocycles. The molecule has 1 heterocycles. The molecule has 0 radical (unpaired) electrons. The standard InChI is InChI=1S/C6H10N4O/c1-2-3-7-6(11)5-8-4-9-10-5/h4H,2-3H2,1H3,(H,7,11)(H,8,9,10). The van der Waals surface area contributed by atoms with Gasteiger partial charge in [-0.25, -0.2) is 4.98 Å². The van der Waals surface area contributed by atoms with Crippen molar-refractivity contribution in [1.29, 1.82) is 0 Å². The highest BCUT2D eigenvalue weighted by molar-refractivity contribution is 5.90. The van der Waals surface area contributed by atoms with Crippen molar-refractivity contribution in [3.63, 3.8) is 0 Å². The van der Waals surface area contributed by atoms with Crippen molar-refractivity contribution in [1.82, 2.24) is 20.5 Å². The van der Waals surface area contributed by atoms with Crippen molar-refractivity contribution >= 4 is 5.91 Å². The summed E-state index contributed by atoms with van der Waals surface area (Å²) in [6.07, 6.45) is 2.29. The molecule has 2 N–H and O–H groups in total. The molecular formula is C6H10N4O. The lowest BCUT2D eigenvalue weighted by Gasteiger charge is -1.96. The van der Waals surface area contributed by atoms with Gasteiger partial charge in [-0.1, -0.05) is 6.92 Å². The van der Waals surface area contributed by atoms with E-state index in [2.05, 4.69) is 20.5 Å². The smallest absolute Gasteiger partial charge is 0.290 e. The Morgan fingerprint density at radius 3 is 3.18 bits per heavy atom. The number of nitrogens with zero attached hydrogens (tertiary/aromatic N) is 2. The SMILES string of the molecule is CCCNC(=O)c1nc[nH]n1. The normalized spacial score (nSPS) is 9.55. The Hall–Kier alpha value is -1.39. The van der Waals surface area contributed by atoms with E-state index < -0.39 is 0 Å². The summed E-state index contributed by atoms with van der Waals surface area (Å²) in [5, 5.41) is 8.74. The zero-order chi connectivity index (χ0) is 8.10. The van der Waals surface area contributed by atoms with Crippen molar-refractivity contribution in [2.24, 2.45) is 0 Å². The first-order valence-electron chi connectivity index (χ1n) is 3.48. The number of nitrogens with one attached hydrogen (secondary N) is 2. The van der Waals surface area contributed by atoms with Crippen molar-refractivity contribution in [3.05, 3.63) is 12.2 Å². The van der Waals surface area contributed by atoms with E-state index in [9.17, 15) is 4.79 Å². The lowest BCUT2D eigenvalue weighted by molar-refractivity contribution is 0.0943. The fraction of sp³-hybridized carbons (Fsp3) is 0.500. The van der Waals surface area contributed by atoms with E-state index in [1.165, 1.54) is 6.33 Å². The first kappa shape index (κ1) is 7.71. The van der Waals surface area contributed by atoms with Gasteiger partial charge in [-0.05, 0) is 6.42 Å². The Morgan fingerprint density at radius 2 is 2.64 bits per heavy atom. The summed E-state index contributed by atoms with van der Waals surface area (Å²) < 4.78 is 0. The number of H-pyrrole nitrogens is 1. The largest absolute Gasteiger partial charge is 0.349 e. The van der Waals surface area contributed by atoms with E-state index in [-0.39, 0.29) is 11.7 Å². The van der Waals surface area contributed by atoms with Crippen LogP contribution in [0.3, 0.4) is 0 Å². The fourth-order valence-corrected chi connectivity index (χ4v) is 0.636. The van der Waals surface area contributed by atoms with E-state index >= 15 is 0 Å². The summed E-state index contributed by atoms with van der Waals surface area (Å²) in [5.41, 5.74) is 0. The van der Waals surface area contributed by atoms with Crippen molar-refractivity contribution in [2.45, 2.75) is 13.3 Å². The van der Waals surface area contributed by atoms with Gasteiger partial charge in [-0.3, -0.25) is 9.89 Å². The lowest BCUT2D eigenvalue weighted by atomic mass is 10.4. The molecule has 11 heavy (non-hydrogen) atoms. The number of aromatic amines is 1. The van der Waals surface area contributed by atoms with Crippen LogP contribution in [0.1, 0.15) is 24.0 Å². The van der Waals surface area contributed by atoms with E-state index in [1.807, 2.05) is 6.92 Å². The molecule has 0 aliphatic heterocycles. The zero-order valence-electron chi connectivity index (χ0n) is 6.29. The van der Waals surface area contributed by atoms with Crippen LogP contribution in [0, 0.1) is 0 Å². The van der Waals surface area contributed by atoms with Crippen LogP contribution in [0.4, 0.5) is 0 Å². The minimum atomic E-state index is -0.229. The molecule has 0 bridgehead atoms. The third-order valence-corrected chi connectivity index (χ3v) is 1.15. The Balaban J connectivity index is 2.43. The topological polar surface area (TPSA) is 70.7 Å². The van der Waals surface area contributed by atoms with E-state index in [0.29, 0.717) is 6.54 Å². The van der Waals surface area contributed by atoms with Gasteiger partial charge in [0.25, 0.3) is 5.91 Å². The van der Waals surface area contributed by atoms with E-state index in [1.54, 1.807) is 0 Å². The van der Waals surface area contributed by atoms with Crippen LogP contribution in [0.25, 0.3) is 0 Å². The summed E-state index contributed by atoms with van der Waals surface area (Å²) in [4.78, 5) is 14.7. The lowest BCUT2D eigenvalue weighted by Crippen LogP contribution is -2.25. The molecule has 0 saturated carbocycles. The van der Waals surface area contributed by atoms with Gasteiger partial charge in [-0.2, -0.15) is 0 Å². The van der Waals surface area contributed by atoms with Crippen molar-refractivity contribution in [3.8, 4) is 0 Å². The van der Waals surface area contributed by atoms with Gasteiger partial charge in [0, 0.05) is 6.54 Å². The molecule has 1 rings (SSSR count). The number of hydrogen-bond donors (Lipinski definition) is 2. The van der Waals surface area contributed by atoms with E-state index in [4.69, 9.17) is 0 Å². The number of amides is 1. The molecule has 1 amide bonds. The summed E-state index contributed by atoms with van der Waals surface area (Å²) >= 11 is 0. The summed E-state index contributed by atoms with van der Waals surface area (Å²) in [6.45, 7) is 2.64. The predicted molar refractivity (Wildman–Crippen MR) is 39.0 cm³/mol. The van der Waals surface area contributed by atoms with Gasteiger partial charge in [-0.15, -0.1) is 5.10 Å². The van der Waals surface area contributed by atoms with Crippen LogP contribution in [-0.4, -0.2) is 27.6 Å². The Morgan fingerprint density at radius 1 is 1.82 bits per heavy atom. The third-order valence-electron chi connectivity index (χ3n) is 1.15. The van der Waals surface area contributed by atoms with Crippen LogP contribution in [-0.2, 0) is 0 Å². The number of hydrogen-bond acceptors (Lipinski definition) is 3. The zero-order valence-corrected chi connectivity index (χ0v) is 6.29. The molecule has 0 aliphatic rings. The Labute approximate surface area is 64.2 Å². The number of rotatable bonds is 3. The van der Waals surface area contributed by atoms with Gasteiger partial charge >= 0.3 is 0 Å². The predicted octanol–water partition coefficient (Wildman–Crippen LogP) is -0.0555. The summed E-state index contributed by atoms with van der Waals surface area (Å²) in [6, 6.07) is 0. The second kappa shape index (κ2) is 3.70. The van der Waals surface area contributed by atoms with Gasteiger partial charge in [0.1, 0.15) is 6.33 Å². The minimum absolute atomic E-state index is 0.193. The summed E-state index contributed by atoms with van der Waals surface area (Å²) in [5.74, 6) is -0.0356. The highest BCUT2D eigenvalue weighted by Crippen LogP contribution is 1.84. The molecule has 0 unspecified atom stereocenters. The maximum atomic E-state index is 11.0. The first-order chi connectivity index (χ1) is 5.34. The average molecular weight is 154 g/mol. The second-order valence-corrected chi connectivity index (χ2v) is 2.08. The van der Waals surface area contributed by atoms with Crippen LogP contribution in [0.5, 0.6) is 0 Å². The third kappa shape index (κ3) is 2.03. The molecule has 60 valence electrons. The van der Waals surface area contributed by atoms with Crippen LogP contribution < -0.4 is 5.32 Å². The second-order valence-electron chi connectivity index (χ2n) is 2.08. The number of aromatic nitrogens is 3. The first-order valence-corrected chi connectivity index (χ1v) is 3.48. The van der Waals surface area contributed by atoms with E-state index in [0.717, 1.165) is 6.42 Å². The Bertz CT molecular complexity index is 218. The number of carbonyl (C=O) groups is 1. The molecule has 5 heteroatoms. The molecule has 0 aliphatic carbocycles. The van der Waals surface area contributed by atoms with Crippen LogP contribution >= 0.6 is 0 Å². The highest BCUT2D eigenvalue weighted by Gasteiger charge is 2.06. The van der Waals surface area contributed by atoms with Gasteiger partial charge in [0.05, 0.1) is 0 Å². The van der Waals surface area contributed by atoms with Gasteiger partial charge < -0.3 is 5.32 Å². The van der Waals surface area contributed by atoms with Crippen LogP contribution in [0.2, 0.25) is 0 Å². The summed E-state index contributed by atoms with van der Waals surface area (Å²) in [7, 11) is 0. The van der Waals surface area contributed by atoms with Crippen molar-refractivity contribution in [2.75, 3.05) is 6.54 Å². The molecule has 0 fully saturated rings. The molecule has 0 aromatic carbocycles. The molecule has 0 saturated heterocycles. The van der Waals surface area contributed by atoms with Gasteiger partial charge in [0.2, 0.25) is 5.82 Å². The maximum Gasteiger partial charge on any atom is 0.290 e. The minimum Gasteiger partial charge on any atom is -0.349 e. The monoisotopic (exact) mass is 154 g/mol. The molecule has 1 aromatic rings. The molecular weight excluding hydrogens is 144 g/mol. The fourth-order valence-electron chi connectivity index (χ4n) is 0.636. The van der Waals surface area contributed by atoms with Crippen molar-refractivity contribution < 1.29 is 4.79 Å².